The van der Waals surface area contributed by atoms with Gasteiger partial charge >= 0.3 is 0 Å². The zero-order valence-electron chi connectivity index (χ0n) is 17.3. The molecule has 0 heterocycles. The monoisotopic (exact) mass is 476 g/mol. The lowest BCUT2D eigenvalue weighted by atomic mass is 10.3. The number of hydrogen-bond donors (Lipinski definition) is 2. The normalized spacial score (nSPS) is 10.8. The van der Waals surface area contributed by atoms with Gasteiger partial charge in [-0.2, -0.15) is 0 Å². The Labute approximate surface area is 191 Å². The summed E-state index contributed by atoms with van der Waals surface area (Å²) in [5.41, 5.74) is 0.900. The van der Waals surface area contributed by atoms with E-state index in [2.05, 4.69) is 10.0 Å². The standard InChI is InChI=1S/C22H21ClN2O6S/c1-29-17-6-3-15(4-7-17)24-22(26)14-31-18-8-10-19(11-9-18)32(27,28)25-16-5-12-21(30-2)20(23)13-16/h3-13,25H,14H2,1-2H3,(H,24,26). The topological polar surface area (TPSA) is 103 Å². The molecule has 0 atom stereocenters. The highest BCUT2D eigenvalue weighted by Gasteiger charge is 2.15. The average Bonchev–Trinajstić information content (AvgIpc) is 2.78. The van der Waals surface area contributed by atoms with Gasteiger partial charge in [0.05, 0.1) is 29.8 Å². The van der Waals surface area contributed by atoms with Crippen LogP contribution in [0.5, 0.6) is 17.2 Å². The number of halogens is 1. The van der Waals surface area contributed by atoms with Crippen LogP contribution in [0.4, 0.5) is 11.4 Å². The van der Waals surface area contributed by atoms with Crippen LogP contribution >= 0.6 is 11.6 Å². The molecule has 0 fully saturated rings. The quantitative estimate of drug-likeness (QED) is 0.480. The molecule has 32 heavy (non-hydrogen) atoms. The van der Waals surface area contributed by atoms with E-state index in [0.717, 1.165) is 0 Å². The molecule has 168 valence electrons. The number of carbonyl (C=O) groups excluding carboxylic acids is 1. The fraction of sp³-hybridized carbons (Fsp3) is 0.136. The van der Waals surface area contributed by atoms with Crippen LogP contribution in [0.15, 0.2) is 71.6 Å². The first-order valence-corrected chi connectivity index (χ1v) is 11.2. The zero-order valence-corrected chi connectivity index (χ0v) is 18.9. The summed E-state index contributed by atoms with van der Waals surface area (Å²) in [6, 6.07) is 17.1. The first kappa shape index (κ1) is 23.2. The summed E-state index contributed by atoms with van der Waals surface area (Å²) < 4.78 is 43.2. The third-order valence-corrected chi connectivity index (χ3v) is 5.97. The van der Waals surface area contributed by atoms with Gasteiger partial charge in [-0.05, 0) is 66.7 Å². The maximum Gasteiger partial charge on any atom is 0.262 e. The molecule has 0 spiro atoms. The van der Waals surface area contributed by atoms with E-state index in [4.69, 9.17) is 25.8 Å². The van der Waals surface area contributed by atoms with Gasteiger partial charge in [0.1, 0.15) is 17.2 Å². The van der Waals surface area contributed by atoms with Crippen molar-refractivity contribution in [3.05, 3.63) is 71.8 Å². The van der Waals surface area contributed by atoms with Gasteiger partial charge in [0, 0.05) is 5.69 Å². The van der Waals surface area contributed by atoms with Gasteiger partial charge in [0.15, 0.2) is 6.61 Å². The SMILES string of the molecule is COc1ccc(NC(=O)COc2ccc(S(=O)(=O)Nc3ccc(OC)c(Cl)c3)cc2)cc1. The number of benzene rings is 3. The smallest absolute Gasteiger partial charge is 0.262 e. The number of carbonyl (C=O) groups is 1. The minimum absolute atomic E-state index is 0.0273. The Morgan fingerprint density at radius 3 is 2.09 bits per heavy atom. The molecular formula is C22H21ClN2O6S. The second kappa shape index (κ2) is 10.3. The molecular weight excluding hydrogens is 456 g/mol. The molecule has 2 N–H and O–H groups in total. The summed E-state index contributed by atoms with van der Waals surface area (Å²) in [5, 5.41) is 2.98. The minimum atomic E-state index is -3.84. The van der Waals surface area contributed by atoms with E-state index >= 15 is 0 Å². The molecule has 0 aliphatic heterocycles. The van der Waals surface area contributed by atoms with Crippen LogP contribution in [0.2, 0.25) is 5.02 Å². The summed E-state index contributed by atoms with van der Waals surface area (Å²) in [5.74, 6) is 1.11. The van der Waals surface area contributed by atoms with Crippen molar-refractivity contribution < 1.29 is 27.4 Å². The van der Waals surface area contributed by atoms with Crippen molar-refractivity contribution in [3.8, 4) is 17.2 Å². The molecule has 0 bridgehead atoms. The van der Waals surface area contributed by atoms with Crippen LogP contribution in [0.1, 0.15) is 0 Å². The third kappa shape index (κ3) is 6.05. The van der Waals surface area contributed by atoms with Crippen LogP contribution < -0.4 is 24.2 Å². The number of sulfonamides is 1. The number of anilines is 2. The van der Waals surface area contributed by atoms with Gasteiger partial charge < -0.3 is 19.5 Å². The van der Waals surface area contributed by atoms with Crippen molar-refractivity contribution in [3.63, 3.8) is 0 Å². The molecule has 0 aromatic heterocycles. The lowest BCUT2D eigenvalue weighted by Crippen LogP contribution is -2.20. The maximum absolute atomic E-state index is 12.6. The van der Waals surface area contributed by atoms with E-state index in [1.807, 2.05) is 0 Å². The molecule has 0 aliphatic rings. The fourth-order valence-corrected chi connectivity index (χ4v) is 3.99. The fourth-order valence-electron chi connectivity index (χ4n) is 2.68. The lowest BCUT2D eigenvalue weighted by molar-refractivity contribution is -0.118. The number of methoxy groups -OCH3 is 2. The molecule has 0 radical (unpaired) electrons. The second-order valence-electron chi connectivity index (χ2n) is 6.49. The highest BCUT2D eigenvalue weighted by Crippen LogP contribution is 2.28. The highest BCUT2D eigenvalue weighted by atomic mass is 35.5. The Kier molecular flexibility index (Phi) is 7.45. The van der Waals surface area contributed by atoms with Gasteiger partial charge in [0.2, 0.25) is 0 Å². The van der Waals surface area contributed by atoms with E-state index in [9.17, 15) is 13.2 Å². The first-order chi connectivity index (χ1) is 15.3. The van der Waals surface area contributed by atoms with E-state index in [-0.39, 0.29) is 22.4 Å². The largest absolute Gasteiger partial charge is 0.497 e. The molecule has 3 aromatic rings. The van der Waals surface area contributed by atoms with Crippen molar-refractivity contribution in [2.75, 3.05) is 30.9 Å². The van der Waals surface area contributed by atoms with E-state index in [1.165, 1.54) is 37.4 Å². The zero-order chi connectivity index (χ0) is 23.1. The molecule has 3 rings (SSSR count). The number of nitrogens with one attached hydrogen (secondary N) is 2. The molecule has 1 amide bonds. The summed E-state index contributed by atoms with van der Waals surface area (Å²) in [6.45, 7) is -0.235. The van der Waals surface area contributed by atoms with Crippen molar-refractivity contribution >= 4 is 38.9 Å². The third-order valence-electron chi connectivity index (χ3n) is 4.28. The van der Waals surface area contributed by atoms with Crippen LogP contribution in [0.3, 0.4) is 0 Å². The summed E-state index contributed by atoms with van der Waals surface area (Å²) in [4.78, 5) is 12.1. The molecule has 0 unspecified atom stereocenters. The first-order valence-electron chi connectivity index (χ1n) is 9.34. The van der Waals surface area contributed by atoms with Gasteiger partial charge in [-0.1, -0.05) is 11.6 Å². The van der Waals surface area contributed by atoms with Gasteiger partial charge in [-0.3, -0.25) is 9.52 Å². The Morgan fingerprint density at radius 2 is 1.50 bits per heavy atom. The number of hydrogen-bond acceptors (Lipinski definition) is 6. The van der Waals surface area contributed by atoms with Crippen molar-refractivity contribution in [2.45, 2.75) is 4.90 Å². The van der Waals surface area contributed by atoms with Crippen LogP contribution in [-0.2, 0) is 14.8 Å². The highest BCUT2D eigenvalue weighted by molar-refractivity contribution is 7.92. The van der Waals surface area contributed by atoms with Gasteiger partial charge in [0.25, 0.3) is 15.9 Å². The second-order valence-corrected chi connectivity index (χ2v) is 8.58. The van der Waals surface area contributed by atoms with Crippen LogP contribution in [-0.4, -0.2) is 35.2 Å². The van der Waals surface area contributed by atoms with Crippen molar-refractivity contribution in [2.24, 2.45) is 0 Å². The van der Waals surface area contributed by atoms with Gasteiger partial charge in [-0.15, -0.1) is 0 Å². The molecule has 0 saturated carbocycles. The molecule has 0 saturated heterocycles. The number of amides is 1. The average molecular weight is 477 g/mol. The van der Waals surface area contributed by atoms with E-state index in [1.54, 1.807) is 43.5 Å². The maximum atomic E-state index is 12.6. The summed E-state index contributed by atoms with van der Waals surface area (Å²) >= 11 is 6.04. The molecule has 0 aliphatic carbocycles. The Balaban J connectivity index is 1.57. The minimum Gasteiger partial charge on any atom is -0.497 e. The number of rotatable bonds is 9. The molecule has 10 heteroatoms. The predicted octanol–water partition coefficient (Wildman–Crippen LogP) is 4.18. The predicted molar refractivity (Wildman–Crippen MR) is 122 cm³/mol. The molecule has 3 aromatic carbocycles. The van der Waals surface area contributed by atoms with E-state index < -0.39 is 10.0 Å². The van der Waals surface area contributed by atoms with Crippen molar-refractivity contribution in [1.82, 2.24) is 0 Å². The van der Waals surface area contributed by atoms with Gasteiger partial charge in [-0.25, -0.2) is 8.42 Å². The summed E-state index contributed by atoms with van der Waals surface area (Å²) in [6.07, 6.45) is 0. The Bertz CT molecular complexity index is 1180. The summed E-state index contributed by atoms with van der Waals surface area (Å²) in [7, 11) is -0.811. The van der Waals surface area contributed by atoms with E-state index in [0.29, 0.717) is 28.6 Å². The number of ether oxygens (including phenoxy) is 3. The van der Waals surface area contributed by atoms with Crippen LogP contribution in [0, 0.1) is 0 Å². The Hall–Kier alpha value is -3.43. The lowest BCUT2D eigenvalue weighted by Gasteiger charge is -2.11. The Morgan fingerprint density at radius 1 is 0.875 bits per heavy atom. The molecule has 8 nitrogen and oxygen atoms in total. The van der Waals surface area contributed by atoms with Crippen molar-refractivity contribution in [1.29, 1.82) is 0 Å². The van der Waals surface area contributed by atoms with Crippen LogP contribution in [0.25, 0.3) is 0 Å².